The average molecular weight is 749 g/mol. The van der Waals surface area contributed by atoms with E-state index in [4.69, 9.17) is 28.4 Å². The molecule has 0 aromatic heterocycles. The van der Waals surface area contributed by atoms with Gasteiger partial charge in [0.2, 0.25) is 0 Å². The molecule has 1 unspecified atom stereocenters. The lowest BCUT2D eigenvalue weighted by Crippen LogP contribution is -2.61. The topological polar surface area (TPSA) is 209 Å². The lowest BCUT2D eigenvalue weighted by atomic mass is 9.73. The predicted octanol–water partition coefficient (Wildman–Crippen LogP) is 2.05. The number of rotatable bonds is 7. The highest BCUT2D eigenvalue weighted by molar-refractivity contribution is 5.88. The Morgan fingerprint density at radius 2 is 1.54 bits per heavy atom. The molecule has 304 valence electrons. The van der Waals surface area contributed by atoms with Gasteiger partial charge >= 0.3 is 5.97 Å². The van der Waals surface area contributed by atoms with Crippen LogP contribution in [0.15, 0.2) is 5.16 Å². The van der Waals surface area contributed by atoms with Crippen LogP contribution in [0.4, 0.5) is 0 Å². The molecule has 0 radical (unpaired) electrons. The summed E-state index contributed by atoms with van der Waals surface area (Å²) < 4.78 is 37.2. The van der Waals surface area contributed by atoms with Crippen molar-refractivity contribution in [2.75, 3.05) is 21.2 Å². The molecule has 3 saturated heterocycles. The van der Waals surface area contributed by atoms with Crippen molar-refractivity contribution in [2.45, 2.75) is 179 Å². The summed E-state index contributed by atoms with van der Waals surface area (Å²) in [6, 6.07) is -0.322. The molecule has 0 saturated carbocycles. The van der Waals surface area contributed by atoms with E-state index in [1.807, 2.05) is 25.9 Å². The summed E-state index contributed by atoms with van der Waals surface area (Å²) in [4.78, 5) is 16.0. The normalized spacial score (nSPS) is 49.8. The molecule has 3 aliphatic heterocycles. The number of esters is 1. The van der Waals surface area contributed by atoms with Gasteiger partial charge in [-0.1, -0.05) is 32.9 Å². The van der Waals surface area contributed by atoms with Gasteiger partial charge in [0, 0.05) is 37.3 Å². The minimum absolute atomic E-state index is 0.0657. The lowest BCUT2D eigenvalue weighted by molar-refractivity contribution is -0.317. The third kappa shape index (κ3) is 9.47. The van der Waals surface area contributed by atoms with Crippen molar-refractivity contribution >= 4 is 11.7 Å². The quantitative estimate of drug-likeness (QED) is 0.125. The zero-order valence-corrected chi connectivity index (χ0v) is 33.4. The summed E-state index contributed by atoms with van der Waals surface area (Å²) in [6.45, 7) is 16.6. The standard InChI is InChI=1S/C37H68N2O13/c1-14-25-37(10,45)30(41)20(4)27(38-46)18(2)16-35(8,44)32(52-34-28(40)24(39(11)12)15-19(3)48-34)21(5)29(22(6)33(43)50-25)51-26-17-36(9,47-13)31(42)23(7)49-26/h18-26,28-32,34,40-42,44-46H,14-17H2,1-13H3/b38-27+/t18-,19-,20+,21?,22-,23+,24+,25-,26+,28-,29+,30-,31+,32-,34+,35-,36-,37-/m1/s1. The first kappa shape index (κ1) is 44.9. The second kappa shape index (κ2) is 17.5. The van der Waals surface area contributed by atoms with Gasteiger partial charge in [-0.05, 0) is 74.9 Å². The SMILES string of the molecule is CC[C@H]1OC(=O)[C@H](C)[C@@H](O[C@H]2C[C@@](C)(OC)[C@@H](O)[C@H](C)O2)C(C)[C@@H](O[C@@H]2O[C@H](C)C[C@H](N(C)C)[C@H]2O)[C@](C)(O)C[C@@H](C)/C(=N\O)[C@H](C)[C@@H](O)[C@]1(C)O. The number of carbonyl (C=O) groups is 1. The number of likely N-dealkylation sites (N-methyl/N-ethyl adjacent to an activating group) is 1. The molecule has 3 rings (SSSR count). The Hall–Kier alpha value is -1.50. The van der Waals surface area contributed by atoms with E-state index in [0.29, 0.717) is 6.42 Å². The van der Waals surface area contributed by atoms with Crippen LogP contribution in [0.5, 0.6) is 0 Å². The Morgan fingerprint density at radius 3 is 2.08 bits per heavy atom. The number of aliphatic hydroxyl groups is 5. The number of aliphatic hydroxyl groups excluding tert-OH is 3. The van der Waals surface area contributed by atoms with Crippen LogP contribution in [0.25, 0.3) is 0 Å². The molecular weight excluding hydrogens is 680 g/mol. The van der Waals surface area contributed by atoms with Crippen LogP contribution in [0.3, 0.4) is 0 Å². The molecule has 6 N–H and O–H groups in total. The molecule has 3 heterocycles. The molecule has 0 aromatic rings. The fraction of sp³-hybridized carbons (Fsp3) is 0.946. The van der Waals surface area contributed by atoms with Crippen molar-refractivity contribution in [2.24, 2.45) is 28.8 Å². The molecule has 15 heteroatoms. The van der Waals surface area contributed by atoms with Crippen LogP contribution in [-0.2, 0) is 33.2 Å². The van der Waals surface area contributed by atoms with E-state index < -0.39 is 102 Å². The highest BCUT2D eigenvalue weighted by Gasteiger charge is 2.53. The molecular formula is C37H68N2O13. The van der Waals surface area contributed by atoms with E-state index >= 15 is 0 Å². The molecule has 15 nitrogen and oxygen atoms in total. The maximum atomic E-state index is 14.1. The van der Waals surface area contributed by atoms with Crippen LogP contribution in [0, 0.1) is 23.7 Å². The van der Waals surface area contributed by atoms with E-state index in [1.165, 1.54) is 14.0 Å². The second-order valence-electron chi connectivity index (χ2n) is 16.6. The van der Waals surface area contributed by atoms with Crippen molar-refractivity contribution in [1.82, 2.24) is 4.90 Å². The Balaban J connectivity index is 2.21. The summed E-state index contributed by atoms with van der Waals surface area (Å²) in [5.74, 6) is -4.24. The summed E-state index contributed by atoms with van der Waals surface area (Å²) in [7, 11) is 5.19. The first-order valence-electron chi connectivity index (χ1n) is 18.7. The Morgan fingerprint density at radius 1 is 0.923 bits per heavy atom. The van der Waals surface area contributed by atoms with Crippen molar-refractivity contribution in [3.8, 4) is 0 Å². The Labute approximate surface area is 309 Å². The van der Waals surface area contributed by atoms with Crippen LogP contribution in [-0.4, -0.2) is 153 Å². The minimum Gasteiger partial charge on any atom is -0.459 e. The smallest absolute Gasteiger partial charge is 0.311 e. The fourth-order valence-corrected chi connectivity index (χ4v) is 8.61. The van der Waals surface area contributed by atoms with Gasteiger partial charge in [-0.3, -0.25) is 4.79 Å². The number of carbonyl (C=O) groups excluding carboxylic acids is 1. The van der Waals surface area contributed by atoms with Crippen molar-refractivity contribution < 1.29 is 64.0 Å². The molecule has 52 heavy (non-hydrogen) atoms. The van der Waals surface area contributed by atoms with E-state index in [0.717, 1.165) is 0 Å². The highest BCUT2D eigenvalue weighted by atomic mass is 16.7. The Kier molecular flexibility index (Phi) is 15.1. The van der Waals surface area contributed by atoms with Gasteiger partial charge in [0.15, 0.2) is 12.6 Å². The average Bonchev–Trinajstić information content (AvgIpc) is 3.06. The van der Waals surface area contributed by atoms with Crippen LogP contribution in [0.2, 0.25) is 0 Å². The van der Waals surface area contributed by atoms with E-state index in [2.05, 4.69) is 5.16 Å². The summed E-state index contributed by atoms with van der Waals surface area (Å²) in [5, 5.41) is 71.8. The molecule has 0 aliphatic carbocycles. The molecule has 18 atom stereocenters. The molecule has 0 bridgehead atoms. The monoisotopic (exact) mass is 748 g/mol. The predicted molar refractivity (Wildman–Crippen MR) is 190 cm³/mol. The molecule has 3 fully saturated rings. The fourth-order valence-electron chi connectivity index (χ4n) is 8.61. The van der Waals surface area contributed by atoms with E-state index in [1.54, 1.807) is 55.4 Å². The third-order valence-electron chi connectivity index (χ3n) is 12.0. The van der Waals surface area contributed by atoms with Crippen molar-refractivity contribution in [1.29, 1.82) is 0 Å². The van der Waals surface area contributed by atoms with Gasteiger partial charge in [-0.15, -0.1) is 0 Å². The largest absolute Gasteiger partial charge is 0.459 e. The van der Waals surface area contributed by atoms with Gasteiger partial charge in [-0.2, -0.15) is 0 Å². The maximum Gasteiger partial charge on any atom is 0.311 e. The first-order chi connectivity index (χ1) is 24.0. The first-order valence-corrected chi connectivity index (χ1v) is 18.7. The zero-order chi connectivity index (χ0) is 39.7. The van der Waals surface area contributed by atoms with Gasteiger partial charge in [0.25, 0.3) is 0 Å². The van der Waals surface area contributed by atoms with Crippen LogP contribution < -0.4 is 0 Å². The molecule has 0 spiro atoms. The number of cyclic esters (lactones) is 1. The highest BCUT2D eigenvalue weighted by Crippen LogP contribution is 2.41. The Bertz CT molecular complexity index is 1200. The van der Waals surface area contributed by atoms with Gasteiger partial charge < -0.3 is 64.1 Å². The molecule has 0 aromatic carbocycles. The number of oxime groups is 1. The number of ether oxygens (including phenoxy) is 6. The van der Waals surface area contributed by atoms with Crippen LogP contribution in [0.1, 0.15) is 94.9 Å². The van der Waals surface area contributed by atoms with Crippen LogP contribution >= 0.6 is 0 Å². The van der Waals surface area contributed by atoms with E-state index in [-0.39, 0.29) is 37.1 Å². The third-order valence-corrected chi connectivity index (χ3v) is 12.0. The summed E-state index contributed by atoms with van der Waals surface area (Å²) in [5.41, 5.74) is -4.68. The molecule has 3 aliphatic rings. The summed E-state index contributed by atoms with van der Waals surface area (Å²) >= 11 is 0. The minimum atomic E-state index is -1.97. The van der Waals surface area contributed by atoms with Gasteiger partial charge in [0.05, 0.1) is 53.4 Å². The van der Waals surface area contributed by atoms with Crippen molar-refractivity contribution in [3.63, 3.8) is 0 Å². The number of hydrogen-bond donors (Lipinski definition) is 6. The van der Waals surface area contributed by atoms with Gasteiger partial charge in [-0.25, -0.2) is 0 Å². The number of hydrogen-bond acceptors (Lipinski definition) is 15. The van der Waals surface area contributed by atoms with E-state index in [9.17, 15) is 35.5 Å². The van der Waals surface area contributed by atoms with Crippen molar-refractivity contribution in [3.05, 3.63) is 0 Å². The second-order valence-corrected chi connectivity index (χ2v) is 16.6. The zero-order valence-electron chi connectivity index (χ0n) is 33.4. The number of methoxy groups -OCH3 is 1. The van der Waals surface area contributed by atoms with Gasteiger partial charge in [0.1, 0.15) is 23.9 Å². The summed E-state index contributed by atoms with van der Waals surface area (Å²) in [6.07, 6.45) is -9.51. The maximum absolute atomic E-state index is 14.1. The number of nitrogens with zero attached hydrogens (tertiary/aromatic N) is 2. The molecule has 0 amide bonds. The lowest BCUT2D eigenvalue weighted by Gasteiger charge is -2.49.